The highest BCUT2D eigenvalue weighted by Gasteiger charge is 2.34. The van der Waals surface area contributed by atoms with Crippen LogP contribution in [0.4, 0.5) is 0 Å². The monoisotopic (exact) mass is 322 g/mol. The molecule has 2 aromatic rings. The number of nitrogens with zero attached hydrogens (tertiary/aromatic N) is 2. The Kier molecular flexibility index (Phi) is 4.65. The van der Waals surface area contributed by atoms with E-state index in [1.807, 2.05) is 43.0 Å². The van der Waals surface area contributed by atoms with E-state index in [1.165, 1.54) is 11.1 Å². The molecule has 1 unspecified atom stereocenters. The van der Waals surface area contributed by atoms with Gasteiger partial charge in [-0.2, -0.15) is 0 Å². The molecule has 0 N–H and O–H groups in total. The molecule has 0 fully saturated rings. The van der Waals surface area contributed by atoms with Gasteiger partial charge in [-0.05, 0) is 36.6 Å². The van der Waals surface area contributed by atoms with Crippen LogP contribution in [-0.2, 0) is 22.5 Å². The normalized spacial score (nSPS) is 16.4. The highest BCUT2D eigenvalue weighted by atomic mass is 16.5. The van der Waals surface area contributed by atoms with Gasteiger partial charge in [0.1, 0.15) is 6.04 Å². The van der Waals surface area contributed by atoms with Crippen LogP contribution in [0.25, 0.3) is 5.70 Å². The summed E-state index contributed by atoms with van der Waals surface area (Å²) in [5.74, 6) is -0.207. The van der Waals surface area contributed by atoms with E-state index in [0.717, 1.165) is 17.0 Å². The first-order valence-corrected chi connectivity index (χ1v) is 8.22. The van der Waals surface area contributed by atoms with E-state index >= 15 is 0 Å². The molecular formula is C20H22N2O2. The number of fused-ring (bicyclic) bond motifs is 1. The zero-order valence-corrected chi connectivity index (χ0v) is 14.2. The largest absolute Gasteiger partial charge is 0.464 e. The Bertz CT molecular complexity index is 770. The summed E-state index contributed by atoms with van der Waals surface area (Å²) in [5, 5.41) is 0. The van der Waals surface area contributed by atoms with Gasteiger partial charge in [0.05, 0.1) is 18.0 Å². The number of aryl methyl sites for hydroxylation is 1. The van der Waals surface area contributed by atoms with Crippen LogP contribution in [0.15, 0.2) is 49.2 Å². The topological polar surface area (TPSA) is 42.4 Å². The third kappa shape index (κ3) is 3.04. The Labute approximate surface area is 142 Å². The number of aromatic nitrogens is 1. The number of carbonyl (C=O) groups excluding carboxylic acids is 1. The number of hydrogen-bond acceptors (Lipinski definition) is 4. The average Bonchev–Trinajstić information content (AvgIpc) is 2.60. The molecule has 124 valence electrons. The van der Waals surface area contributed by atoms with Crippen molar-refractivity contribution < 1.29 is 9.53 Å². The van der Waals surface area contributed by atoms with Gasteiger partial charge in [0.25, 0.3) is 0 Å². The quantitative estimate of drug-likeness (QED) is 0.810. The van der Waals surface area contributed by atoms with Gasteiger partial charge in [0.2, 0.25) is 0 Å². The average molecular weight is 322 g/mol. The molecule has 1 aromatic carbocycles. The Hall–Kier alpha value is -2.62. The molecule has 1 aliphatic heterocycles. The summed E-state index contributed by atoms with van der Waals surface area (Å²) in [4.78, 5) is 19.0. The van der Waals surface area contributed by atoms with Gasteiger partial charge < -0.3 is 9.64 Å². The highest BCUT2D eigenvalue weighted by molar-refractivity contribution is 5.79. The zero-order valence-electron chi connectivity index (χ0n) is 14.2. The number of esters is 1. The van der Waals surface area contributed by atoms with Crippen molar-refractivity contribution in [2.45, 2.75) is 32.9 Å². The fraction of sp³-hybridized carbons (Fsp3) is 0.300. The number of carbonyl (C=O) groups is 1. The summed E-state index contributed by atoms with van der Waals surface area (Å²) in [5.41, 5.74) is 5.04. The van der Waals surface area contributed by atoms with E-state index in [-0.39, 0.29) is 12.0 Å². The van der Waals surface area contributed by atoms with Crippen LogP contribution in [0.3, 0.4) is 0 Å². The summed E-state index contributed by atoms with van der Waals surface area (Å²) in [6.45, 7) is 9.07. The standard InChI is InChI=1S/C20H22N2O2/c1-4-24-20(23)18-12-16-9-5-6-10-17(16)13-22(18)15(3)19-14(2)8-7-11-21-19/h5-11,18H,3-4,12-13H2,1-2H3. The molecule has 2 heterocycles. The Balaban J connectivity index is 1.97. The molecule has 1 atom stereocenters. The Morgan fingerprint density at radius 2 is 2.04 bits per heavy atom. The van der Waals surface area contributed by atoms with Gasteiger partial charge in [-0.3, -0.25) is 4.98 Å². The van der Waals surface area contributed by atoms with Crippen LogP contribution >= 0.6 is 0 Å². The molecular weight excluding hydrogens is 300 g/mol. The lowest BCUT2D eigenvalue weighted by Gasteiger charge is -2.38. The summed E-state index contributed by atoms with van der Waals surface area (Å²) < 4.78 is 5.30. The first-order chi connectivity index (χ1) is 11.6. The second kappa shape index (κ2) is 6.87. The number of benzene rings is 1. The first-order valence-electron chi connectivity index (χ1n) is 8.22. The van der Waals surface area contributed by atoms with Gasteiger partial charge in [0.15, 0.2) is 0 Å². The summed E-state index contributed by atoms with van der Waals surface area (Å²) in [6, 6.07) is 11.8. The summed E-state index contributed by atoms with van der Waals surface area (Å²) in [7, 11) is 0. The van der Waals surface area contributed by atoms with E-state index in [9.17, 15) is 4.79 Å². The fourth-order valence-corrected chi connectivity index (χ4v) is 3.18. The number of pyridine rings is 1. The number of rotatable bonds is 4. The van der Waals surface area contributed by atoms with Crippen molar-refractivity contribution in [2.24, 2.45) is 0 Å². The van der Waals surface area contributed by atoms with Crippen molar-refractivity contribution in [3.63, 3.8) is 0 Å². The molecule has 4 heteroatoms. The molecule has 24 heavy (non-hydrogen) atoms. The van der Waals surface area contributed by atoms with E-state index in [2.05, 4.69) is 23.7 Å². The maximum atomic E-state index is 12.5. The van der Waals surface area contributed by atoms with E-state index in [1.54, 1.807) is 6.20 Å². The SMILES string of the molecule is C=C(c1ncccc1C)N1Cc2ccccc2CC1C(=O)OCC. The molecule has 0 spiro atoms. The van der Waals surface area contributed by atoms with Crippen molar-refractivity contribution in [2.75, 3.05) is 6.61 Å². The zero-order chi connectivity index (χ0) is 17.1. The van der Waals surface area contributed by atoms with Crippen molar-refractivity contribution >= 4 is 11.7 Å². The maximum Gasteiger partial charge on any atom is 0.329 e. The van der Waals surface area contributed by atoms with E-state index in [4.69, 9.17) is 4.74 Å². The maximum absolute atomic E-state index is 12.5. The molecule has 3 rings (SSSR count). The van der Waals surface area contributed by atoms with Gasteiger partial charge >= 0.3 is 5.97 Å². The Morgan fingerprint density at radius 3 is 2.75 bits per heavy atom. The van der Waals surface area contributed by atoms with Crippen LogP contribution in [0.2, 0.25) is 0 Å². The van der Waals surface area contributed by atoms with E-state index < -0.39 is 0 Å². The molecule has 0 saturated heterocycles. The predicted molar refractivity (Wildman–Crippen MR) is 94.1 cm³/mol. The number of hydrogen-bond donors (Lipinski definition) is 0. The third-order valence-electron chi connectivity index (χ3n) is 4.44. The molecule has 0 bridgehead atoms. The lowest BCUT2D eigenvalue weighted by atomic mass is 9.93. The number of ether oxygens (including phenoxy) is 1. The van der Waals surface area contributed by atoms with Gasteiger partial charge in [-0.1, -0.05) is 36.9 Å². The van der Waals surface area contributed by atoms with Crippen LogP contribution in [0, 0.1) is 6.92 Å². The Morgan fingerprint density at radius 1 is 1.29 bits per heavy atom. The second-order valence-electron chi connectivity index (χ2n) is 5.98. The predicted octanol–water partition coefficient (Wildman–Crippen LogP) is 3.35. The molecule has 0 radical (unpaired) electrons. The van der Waals surface area contributed by atoms with Gasteiger partial charge in [-0.25, -0.2) is 4.79 Å². The molecule has 0 saturated carbocycles. The minimum Gasteiger partial charge on any atom is -0.464 e. The van der Waals surface area contributed by atoms with Crippen molar-refractivity contribution in [3.05, 3.63) is 71.6 Å². The van der Waals surface area contributed by atoms with Crippen LogP contribution in [0.5, 0.6) is 0 Å². The minimum absolute atomic E-state index is 0.207. The minimum atomic E-state index is -0.367. The third-order valence-corrected chi connectivity index (χ3v) is 4.44. The van der Waals surface area contributed by atoms with E-state index in [0.29, 0.717) is 19.6 Å². The van der Waals surface area contributed by atoms with Gasteiger partial charge in [-0.15, -0.1) is 0 Å². The van der Waals surface area contributed by atoms with Crippen molar-refractivity contribution in [1.82, 2.24) is 9.88 Å². The van der Waals surface area contributed by atoms with Gasteiger partial charge in [0, 0.05) is 19.2 Å². The van der Waals surface area contributed by atoms with Crippen LogP contribution < -0.4 is 0 Å². The highest BCUT2D eigenvalue weighted by Crippen LogP contribution is 2.31. The molecule has 0 aliphatic carbocycles. The summed E-state index contributed by atoms with van der Waals surface area (Å²) >= 11 is 0. The lowest BCUT2D eigenvalue weighted by Crippen LogP contribution is -2.45. The molecule has 1 aliphatic rings. The fourth-order valence-electron chi connectivity index (χ4n) is 3.18. The lowest BCUT2D eigenvalue weighted by molar-refractivity contribution is -0.148. The molecule has 0 amide bonds. The second-order valence-corrected chi connectivity index (χ2v) is 5.98. The van der Waals surface area contributed by atoms with Crippen LogP contribution in [0.1, 0.15) is 29.3 Å². The molecule has 4 nitrogen and oxygen atoms in total. The van der Waals surface area contributed by atoms with Crippen molar-refractivity contribution in [1.29, 1.82) is 0 Å². The van der Waals surface area contributed by atoms with Crippen LogP contribution in [-0.4, -0.2) is 28.5 Å². The summed E-state index contributed by atoms with van der Waals surface area (Å²) in [6.07, 6.45) is 2.38. The first kappa shape index (κ1) is 16.2. The molecule has 1 aromatic heterocycles. The smallest absolute Gasteiger partial charge is 0.329 e. The van der Waals surface area contributed by atoms with Crippen molar-refractivity contribution in [3.8, 4) is 0 Å².